The largest absolute Gasteiger partial charge is 0.768 e. The second-order valence-corrected chi connectivity index (χ2v) is 13.4. The van der Waals surface area contributed by atoms with Gasteiger partial charge in [-0.15, -0.1) is 0 Å². The molecule has 0 aliphatic carbocycles. The van der Waals surface area contributed by atoms with Gasteiger partial charge in [0.1, 0.15) is 0 Å². The van der Waals surface area contributed by atoms with E-state index < -0.39 is 21.1 Å². The van der Waals surface area contributed by atoms with Crippen molar-refractivity contribution in [2.75, 3.05) is 0 Å². The number of nitrogens with two attached hydrogens (primary N) is 1. The first-order valence-electron chi connectivity index (χ1n) is 6.33. The first-order valence-corrected chi connectivity index (χ1v) is 12.0. The molecule has 0 radical (unpaired) electrons. The quantitative estimate of drug-likeness (QED) is 0.435. The molecule has 126 valence electrons. The predicted molar refractivity (Wildman–Crippen MR) is 95.1 cm³/mol. The van der Waals surface area contributed by atoms with Crippen molar-refractivity contribution in [3.8, 4) is 0 Å². The first kappa shape index (κ1) is 17.2. The fourth-order valence-electron chi connectivity index (χ4n) is 2.14. The van der Waals surface area contributed by atoms with Crippen molar-refractivity contribution >= 4 is 68.9 Å². The van der Waals surface area contributed by atoms with E-state index in [1.807, 2.05) is 0 Å². The van der Waals surface area contributed by atoms with E-state index in [2.05, 4.69) is 0 Å². The lowest BCUT2D eigenvalue weighted by Crippen LogP contribution is -2.11. The summed E-state index contributed by atoms with van der Waals surface area (Å²) in [5, 5.41) is 5.19. The smallest absolute Gasteiger partial charge is 0.238 e. The van der Waals surface area contributed by atoms with Gasteiger partial charge in [-0.05, 0) is 47.5 Å². The maximum atomic E-state index is 11.5. The normalized spacial score (nSPS) is 23.2. The van der Waals surface area contributed by atoms with Crippen LogP contribution in [0.15, 0.2) is 65.8 Å². The number of sulfonamides is 1. The highest BCUT2D eigenvalue weighted by atomic mass is 32.3. The molecule has 0 bridgehead atoms. The molecule has 24 heavy (non-hydrogen) atoms. The molecule has 0 saturated carbocycles. The predicted octanol–water partition coefficient (Wildman–Crippen LogP) is 3.14. The number of primary sulfonamides is 1. The Morgan fingerprint density at radius 2 is 1.46 bits per heavy atom. The molecule has 2 aliphatic rings. The molecule has 2 atom stereocenters. The molecule has 0 saturated heterocycles. The monoisotopic (exact) mass is 436 g/mol. The summed E-state index contributed by atoms with van der Waals surface area (Å²) in [5.74, 6) is 0. The van der Waals surface area contributed by atoms with Crippen LogP contribution in [0.2, 0.25) is 0 Å². The molecule has 6 nitrogen and oxygen atoms in total. The highest BCUT2D eigenvalue weighted by molar-refractivity contribution is 8.31. The standard InChI is InChI=1S/C12H8N2O4S6/c13-24(17,18)8-2-4-10-12(6-8)22-14(20-10)19-9-3-1-7(23(15)16)5-11(9)21-14/h1-6H,(H2-,13,15,16,17,18). The SMILES string of the molecule is NS(=O)(=O)c1ccc2c(c1)S[N+]1(Sc3ccc(S(=O)[O-])cc3S1)S2. The number of hydrogen-bond donors (Lipinski definition) is 1. The molecule has 0 fully saturated rings. The Morgan fingerprint density at radius 3 is 2.04 bits per heavy atom. The van der Waals surface area contributed by atoms with Crippen molar-refractivity contribution in [1.82, 2.24) is 0 Å². The molecule has 2 heterocycles. The Labute approximate surface area is 158 Å². The molecule has 4 rings (SSSR count). The Balaban J connectivity index is 1.66. The molecular weight excluding hydrogens is 429 g/mol. The van der Waals surface area contributed by atoms with Gasteiger partial charge in [0, 0.05) is 4.90 Å². The van der Waals surface area contributed by atoms with Gasteiger partial charge in [0.25, 0.3) is 0 Å². The Morgan fingerprint density at radius 1 is 0.917 bits per heavy atom. The zero-order valence-electron chi connectivity index (χ0n) is 11.6. The third kappa shape index (κ3) is 3.04. The Bertz CT molecular complexity index is 995. The average Bonchev–Trinajstić information content (AvgIpc) is 3.02. The number of fused-ring (bicyclic) bond motifs is 2. The molecule has 2 aromatic carbocycles. The molecular formula is C12H8N2O4S6. The van der Waals surface area contributed by atoms with Gasteiger partial charge in [0.05, 0.1) is 24.5 Å². The van der Waals surface area contributed by atoms with E-state index >= 15 is 0 Å². The highest BCUT2D eigenvalue weighted by Crippen LogP contribution is 2.71. The van der Waals surface area contributed by atoms with E-state index in [1.165, 1.54) is 30.0 Å². The molecule has 1 spiro atoms. The summed E-state index contributed by atoms with van der Waals surface area (Å²) in [6, 6.07) is 9.86. The zero-order valence-corrected chi connectivity index (χ0v) is 16.5. The van der Waals surface area contributed by atoms with Crippen LogP contribution >= 0.6 is 47.8 Å². The Kier molecular flexibility index (Phi) is 4.26. The second kappa shape index (κ2) is 5.93. The number of benzene rings is 2. The summed E-state index contributed by atoms with van der Waals surface area (Å²) in [4.78, 5) is 4.03. The summed E-state index contributed by atoms with van der Waals surface area (Å²) in [7, 11) is -3.74. The van der Waals surface area contributed by atoms with Crippen molar-refractivity contribution in [1.29, 1.82) is 0 Å². The number of hydrogen-bond acceptors (Lipinski definition) is 8. The lowest BCUT2D eigenvalue weighted by Gasteiger charge is -2.14. The van der Waals surface area contributed by atoms with Crippen LogP contribution < -0.4 is 5.14 Å². The maximum absolute atomic E-state index is 11.5. The minimum Gasteiger partial charge on any atom is -0.768 e. The van der Waals surface area contributed by atoms with E-state index in [9.17, 15) is 17.2 Å². The van der Waals surface area contributed by atoms with Crippen LogP contribution in [0.4, 0.5) is 0 Å². The van der Waals surface area contributed by atoms with E-state index in [0.717, 1.165) is 19.6 Å². The lowest BCUT2D eigenvalue weighted by atomic mass is 10.4. The van der Waals surface area contributed by atoms with Crippen LogP contribution in [0.25, 0.3) is 0 Å². The molecule has 0 aromatic heterocycles. The van der Waals surface area contributed by atoms with Crippen LogP contribution in [0.3, 0.4) is 0 Å². The van der Waals surface area contributed by atoms with Gasteiger partial charge in [-0.3, -0.25) is 4.21 Å². The van der Waals surface area contributed by atoms with Crippen LogP contribution in [-0.2, 0) is 21.1 Å². The number of quaternary nitrogens is 1. The van der Waals surface area contributed by atoms with E-state index in [-0.39, 0.29) is 9.79 Å². The van der Waals surface area contributed by atoms with Gasteiger partial charge in [0.2, 0.25) is 10.0 Å². The minimum absolute atomic E-state index is 0.0881. The minimum atomic E-state index is -3.74. The third-order valence-electron chi connectivity index (χ3n) is 3.19. The number of nitrogens with zero attached hydrogens (tertiary/aromatic N) is 1. The summed E-state index contributed by atoms with van der Waals surface area (Å²) in [6.07, 6.45) is 0. The van der Waals surface area contributed by atoms with E-state index in [4.69, 9.17) is 5.14 Å². The number of rotatable bonds is 2. The van der Waals surface area contributed by atoms with Crippen molar-refractivity contribution in [2.24, 2.45) is 5.14 Å². The van der Waals surface area contributed by atoms with Crippen molar-refractivity contribution < 1.29 is 19.3 Å². The molecule has 2 aromatic rings. The van der Waals surface area contributed by atoms with Gasteiger partial charge in [-0.25, -0.2) is 13.6 Å². The van der Waals surface area contributed by atoms with Crippen molar-refractivity contribution in [2.45, 2.75) is 29.4 Å². The third-order valence-corrected chi connectivity index (χ3v) is 10.8. The van der Waals surface area contributed by atoms with E-state index in [0.29, 0.717) is 2.10 Å². The molecule has 12 heteroatoms. The van der Waals surface area contributed by atoms with Crippen LogP contribution in [0.5, 0.6) is 0 Å². The first-order chi connectivity index (χ1) is 11.3. The van der Waals surface area contributed by atoms with Crippen molar-refractivity contribution in [3.05, 3.63) is 36.4 Å². The van der Waals surface area contributed by atoms with Gasteiger partial charge in [0.15, 0.2) is 47.8 Å². The fraction of sp³-hybridized carbons (Fsp3) is 0. The van der Waals surface area contributed by atoms with Crippen LogP contribution in [0.1, 0.15) is 0 Å². The fourth-order valence-corrected chi connectivity index (χ4v) is 9.65. The molecule has 0 amide bonds. The summed E-state index contributed by atoms with van der Waals surface area (Å²) < 4.78 is 45.7. The van der Waals surface area contributed by atoms with Gasteiger partial charge >= 0.3 is 0 Å². The molecule has 2 N–H and O–H groups in total. The zero-order chi connectivity index (χ0) is 17.1. The Hall–Kier alpha value is -0.180. The highest BCUT2D eigenvalue weighted by Gasteiger charge is 2.51. The maximum Gasteiger partial charge on any atom is 0.238 e. The lowest BCUT2D eigenvalue weighted by molar-refractivity contribution is -0.267. The van der Waals surface area contributed by atoms with Gasteiger partial charge in [-0.1, -0.05) is 2.10 Å². The average molecular weight is 437 g/mol. The van der Waals surface area contributed by atoms with Crippen LogP contribution in [0, 0.1) is 0 Å². The van der Waals surface area contributed by atoms with Crippen LogP contribution in [-0.4, -0.2) is 19.3 Å². The topological polar surface area (TPSA) is 100 Å². The van der Waals surface area contributed by atoms with Gasteiger partial charge in [-0.2, -0.15) is 0 Å². The van der Waals surface area contributed by atoms with E-state index in [1.54, 1.807) is 54.2 Å². The van der Waals surface area contributed by atoms with Gasteiger partial charge < -0.3 is 4.55 Å². The summed E-state index contributed by atoms with van der Waals surface area (Å²) in [5.41, 5.74) is 0. The summed E-state index contributed by atoms with van der Waals surface area (Å²) in [6.45, 7) is 0. The summed E-state index contributed by atoms with van der Waals surface area (Å²) >= 11 is 3.91. The molecule has 2 unspecified atom stereocenters. The van der Waals surface area contributed by atoms with Crippen molar-refractivity contribution in [3.63, 3.8) is 0 Å². The second-order valence-electron chi connectivity index (χ2n) is 4.81. The molecule has 2 aliphatic heterocycles.